The van der Waals surface area contributed by atoms with Gasteiger partial charge in [0.2, 0.25) is 0 Å². The summed E-state index contributed by atoms with van der Waals surface area (Å²) in [5.74, 6) is 0. The highest BCUT2D eigenvalue weighted by Gasteiger charge is 2.37. The second kappa shape index (κ2) is 12.4. The summed E-state index contributed by atoms with van der Waals surface area (Å²) in [6.07, 6.45) is 17.2. The van der Waals surface area contributed by atoms with Crippen molar-refractivity contribution in [3.05, 3.63) is 0 Å². The van der Waals surface area contributed by atoms with E-state index in [1.807, 2.05) is 0 Å². The third-order valence-electron chi connectivity index (χ3n) is 4.82. The van der Waals surface area contributed by atoms with E-state index in [1.54, 1.807) is 0 Å². The van der Waals surface area contributed by atoms with Gasteiger partial charge in [-0.1, -0.05) is 84.0 Å². The smallest absolute Gasteiger partial charge is 0.0868 e. The van der Waals surface area contributed by atoms with Crippen molar-refractivity contribution in [1.29, 1.82) is 0 Å². The third-order valence-corrected chi connectivity index (χ3v) is 4.82. The highest BCUT2D eigenvalue weighted by atomic mass is 16.3. The topological polar surface area (TPSA) is 52.5 Å². The number of unbranched alkanes of at least 4 members (excludes halogenated alkanes) is 11. The van der Waals surface area contributed by atoms with Crippen LogP contribution in [-0.2, 0) is 0 Å². The summed E-state index contributed by atoms with van der Waals surface area (Å²) in [5.41, 5.74) is 0. The van der Waals surface area contributed by atoms with Crippen molar-refractivity contribution in [3.63, 3.8) is 0 Å². The summed E-state index contributed by atoms with van der Waals surface area (Å²) in [6, 6.07) is 0.151. The van der Waals surface area contributed by atoms with Gasteiger partial charge in [-0.25, -0.2) is 0 Å². The predicted molar refractivity (Wildman–Crippen MR) is 89.5 cm³/mol. The Bertz CT molecular complexity index is 235. The first-order valence-corrected chi connectivity index (χ1v) is 9.34. The lowest BCUT2D eigenvalue weighted by molar-refractivity contribution is -0.0192. The number of hydrogen-bond donors (Lipinski definition) is 3. The Morgan fingerprint density at radius 3 is 1.62 bits per heavy atom. The van der Waals surface area contributed by atoms with Crippen LogP contribution in [0.25, 0.3) is 0 Å². The van der Waals surface area contributed by atoms with Gasteiger partial charge in [0.15, 0.2) is 0 Å². The maximum Gasteiger partial charge on any atom is 0.0868 e. The molecule has 126 valence electrons. The molecule has 0 amide bonds. The van der Waals surface area contributed by atoms with Gasteiger partial charge in [-0.05, 0) is 6.42 Å². The number of aliphatic hydroxyl groups excluding tert-OH is 2. The summed E-state index contributed by atoms with van der Waals surface area (Å²) in [4.78, 5) is 0. The Labute approximate surface area is 131 Å². The molecule has 3 N–H and O–H groups in total. The molecule has 0 radical (unpaired) electrons. The molecule has 0 aromatic carbocycles. The van der Waals surface area contributed by atoms with Gasteiger partial charge in [0.1, 0.15) is 0 Å². The van der Waals surface area contributed by atoms with Crippen LogP contribution in [0.2, 0.25) is 0 Å². The van der Waals surface area contributed by atoms with E-state index in [0.29, 0.717) is 0 Å². The fourth-order valence-electron chi connectivity index (χ4n) is 3.25. The highest BCUT2D eigenvalue weighted by Crippen LogP contribution is 2.19. The van der Waals surface area contributed by atoms with Crippen LogP contribution < -0.4 is 5.32 Å². The van der Waals surface area contributed by atoms with Crippen LogP contribution in [0.1, 0.15) is 90.4 Å². The molecule has 3 heteroatoms. The molecule has 1 saturated heterocycles. The molecule has 0 bridgehead atoms. The van der Waals surface area contributed by atoms with Crippen LogP contribution in [-0.4, -0.2) is 35.0 Å². The van der Waals surface area contributed by atoms with E-state index in [9.17, 15) is 5.11 Å². The summed E-state index contributed by atoms with van der Waals surface area (Å²) in [5, 5.41) is 21.9. The zero-order valence-electron chi connectivity index (χ0n) is 14.0. The van der Waals surface area contributed by atoms with Gasteiger partial charge in [-0.2, -0.15) is 0 Å². The van der Waals surface area contributed by atoms with Crippen molar-refractivity contribution in [2.45, 2.75) is 109 Å². The van der Waals surface area contributed by atoms with Gasteiger partial charge in [0.25, 0.3) is 0 Å². The van der Waals surface area contributed by atoms with Gasteiger partial charge >= 0.3 is 0 Å². The third kappa shape index (κ3) is 8.18. The number of hydrogen-bond acceptors (Lipinski definition) is 3. The maximum atomic E-state index is 9.72. The summed E-state index contributed by atoms with van der Waals surface area (Å²) in [7, 11) is 0. The van der Waals surface area contributed by atoms with Crippen LogP contribution in [0.15, 0.2) is 0 Å². The van der Waals surface area contributed by atoms with Crippen molar-refractivity contribution >= 4 is 0 Å². The van der Waals surface area contributed by atoms with Crippen molar-refractivity contribution < 1.29 is 10.2 Å². The zero-order chi connectivity index (χ0) is 15.3. The molecule has 0 aliphatic carbocycles. The molecule has 0 aromatic rings. The standard InChI is InChI=1S/C18H37NO2/c1-2-3-4-5-6-7-8-9-10-11-12-13-14-16-18(21)17(15-20)19-16/h16-21H,2-15H2,1H3/t16-,17-,18+/m1/s1. The van der Waals surface area contributed by atoms with E-state index in [-0.39, 0.29) is 24.8 Å². The van der Waals surface area contributed by atoms with E-state index in [2.05, 4.69) is 12.2 Å². The Morgan fingerprint density at radius 1 is 0.714 bits per heavy atom. The molecule has 1 aliphatic rings. The lowest BCUT2D eigenvalue weighted by Crippen LogP contribution is -2.66. The van der Waals surface area contributed by atoms with Gasteiger partial charge in [0, 0.05) is 6.04 Å². The molecule has 0 spiro atoms. The van der Waals surface area contributed by atoms with Crippen LogP contribution in [0.3, 0.4) is 0 Å². The minimum absolute atomic E-state index is 0.0517. The summed E-state index contributed by atoms with van der Waals surface area (Å²) >= 11 is 0. The van der Waals surface area contributed by atoms with Crippen LogP contribution >= 0.6 is 0 Å². The van der Waals surface area contributed by atoms with Gasteiger partial charge < -0.3 is 15.5 Å². The maximum absolute atomic E-state index is 9.72. The highest BCUT2D eigenvalue weighted by molar-refractivity contribution is 4.97. The fourth-order valence-corrected chi connectivity index (χ4v) is 3.25. The molecule has 21 heavy (non-hydrogen) atoms. The quantitative estimate of drug-likeness (QED) is 0.428. The van der Waals surface area contributed by atoms with Crippen LogP contribution in [0.5, 0.6) is 0 Å². The Hall–Kier alpha value is -0.120. The van der Waals surface area contributed by atoms with Crippen molar-refractivity contribution in [2.75, 3.05) is 6.61 Å². The molecule has 1 aliphatic heterocycles. The Balaban J connectivity index is 1.73. The zero-order valence-corrected chi connectivity index (χ0v) is 14.0. The molecular weight excluding hydrogens is 262 g/mol. The van der Waals surface area contributed by atoms with Gasteiger partial charge in [-0.15, -0.1) is 0 Å². The van der Waals surface area contributed by atoms with E-state index >= 15 is 0 Å². The largest absolute Gasteiger partial charge is 0.395 e. The van der Waals surface area contributed by atoms with Gasteiger partial charge in [-0.3, -0.25) is 0 Å². The number of nitrogens with one attached hydrogen (secondary N) is 1. The second-order valence-electron chi connectivity index (χ2n) is 6.73. The fraction of sp³-hybridized carbons (Fsp3) is 1.00. The first kappa shape index (κ1) is 18.9. The molecule has 0 aromatic heterocycles. The normalized spacial score (nSPS) is 25.0. The molecular formula is C18H37NO2. The first-order valence-electron chi connectivity index (χ1n) is 9.34. The number of aliphatic hydroxyl groups is 2. The monoisotopic (exact) mass is 299 g/mol. The van der Waals surface area contributed by atoms with E-state index in [4.69, 9.17) is 5.11 Å². The SMILES string of the molecule is CCCCCCCCCCCCCC[C@H]1N[C@H](CO)[C@H]1O. The van der Waals surface area contributed by atoms with Crippen molar-refractivity contribution in [2.24, 2.45) is 0 Å². The van der Waals surface area contributed by atoms with Gasteiger partial charge in [0.05, 0.1) is 18.8 Å². The molecule has 3 nitrogen and oxygen atoms in total. The molecule has 0 unspecified atom stereocenters. The molecule has 1 rings (SSSR count). The Kier molecular flexibility index (Phi) is 11.2. The van der Waals surface area contributed by atoms with E-state index < -0.39 is 0 Å². The number of rotatable bonds is 14. The summed E-state index contributed by atoms with van der Waals surface area (Å²) in [6.45, 7) is 2.32. The summed E-state index contributed by atoms with van der Waals surface area (Å²) < 4.78 is 0. The molecule has 3 atom stereocenters. The minimum atomic E-state index is -0.331. The van der Waals surface area contributed by atoms with Crippen molar-refractivity contribution in [3.8, 4) is 0 Å². The first-order chi connectivity index (χ1) is 10.3. The van der Waals surface area contributed by atoms with Crippen LogP contribution in [0, 0.1) is 0 Å². The molecule has 1 fully saturated rings. The van der Waals surface area contributed by atoms with Crippen molar-refractivity contribution in [1.82, 2.24) is 5.32 Å². The lowest BCUT2D eigenvalue weighted by atomic mass is 9.89. The average molecular weight is 299 g/mol. The van der Waals surface area contributed by atoms with E-state index in [0.717, 1.165) is 6.42 Å². The Morgan fingerprint density at radius 2 is 1.19 bits per heavy atom. The molecule has 1 heterocycles. The lowest BCUT2D eigenvalue weighted by Gasteiger charge is -2.42. The second-order valence-corrected chi connectivity index (χ2v) is 6.73. The van der Waals surface area contributed by atoms with Crippen LogP contribution in [0.4, 0.5) is 0 Å². The minimum Gasteiger partial charge on any atom is -0.395 e. The predicted octanol–water partition coefficient (Wildman–Crippen LogP) is 3.77. The molecule has 0 saturated carbocycles. The average Bonchev–Trinajstić information content (AvgIpc) is 2.50. The van der Waals surface area contributed by atoms with E-state index in [1.165, 1.54) is 77.0 Å².